The summed E-state index contributed by atoms with van der Waals surface area (Å²) >= 11 is 0. The van der Waals surface area contributed by atoms with Gasteiger partial charge in [0.15, 0.2) is 0 Å². The van der Waals surface area contributed by atoms with Gasteiger partial charge in [0.1, 0.15) is 11.4 Å². The Morgan fingerprint density at radius 1 is 0.900 bits per heavy atom. The maximum absolute atomic E-state index is 12.2. The standard InChI is InChI=1S/C26H36O4/c1-23-12-10-19(27)16-18(23)6-9-22-21(23)11-13-24(2)25(28,14-15-26(22,24)29)17-4-7-20(30-3)8-5-17/h4-5,7-8,14-15,18-19,21-22,27-29H,6,9-13,16H2,1-3H3/t18?,19?,21-,22-,23+,24-,25?,26-/m1/s1. The molecule has 0 heterocycles. The molecular formula is C26H36O4. The number of hydrogen-bond donors (Lipinski definition) is 3. The Morgan fingerprint density at radius 3 is 2.33 bits per heavy atom. The van der Waals surface area contributed by atoms with E-state index < -0.39 is 16.6 Å². The summed E-state index contributed by atoms with van der Waals surface area (Å²) in [4.78, 5) is 0. The summed E-state index contributed by atoms with van der Waals surface area (Å²) in [5.74, 6) is 1.89. The molecule has 8 atom stereocenters. The van der Waals surface area contributed by atoms with E-state index in [0.29, 0.717) is 11.8 Å². The minimum Gasteiger partial charge on any atom is -0.497 e. The van der Waals surface area contributed by atoms with Crippen molar-refractivity contribution in [2.45, 2.75) is 76.1 Å². The first-order valence-electron chi connectivity index (χ1n) is 11.7. The van der Waals surface area contributed by atoms with Gasteiger partial charge in [-0.15, -0.1) is 0 Å². The zero-order valence-electron chi connectivity index (χ0n) is 18.5. The van der Waals surface area contributed by atoms with E-state index in [4.69, 9.17) is 4.74 Å². The van der Waals surface area contributed by atoms with E-state index in [1.54, 1.807) is 7.11 Å². The van der Waals surface area contributed by atoms with Crippen molar-refractivity contribution in [2.24, 2.45) is 28.6 Å². The van der Waals surface area contributed by atoms with Crippen LogP contribution in [0, 0.1) is 28.6 Å². The molecule has 0 amide bonds. The Hall–Kier alpha value is -1.36. The second kappa shape index (κ2) is 6.57. The zero-order chi connectivity index (χ0) is 21.4. The molecule has 0 bridgehead atoms. The van der Waals surface area contributed by atoms with Gasteiger partial charge in [-0.2, -0.15) is 0 Å². The van der Waals surface area contributed by atoms with Crippen molar-refractivity contribution in [3.63, 3.8) is 0 Å². The van der Waals surface area contributed by atoms with Crippen molar-refractivity contribution < 1.29 is 20.1 Å². The lowest BCUT2D eigenvalue weighted by molar-refractivity contribution is -0.227. The number of aliphatic hydroxyl groups is 3. The minimum atomic E-state index is -1.19. The van der Waals surface area contributed by atoms with E-state index >= 15 is 0 Å². The van der Waals surface area contributed by atoms with Gasteiger partial charge in [-0.1, -0.05) is 32.1 Å². The molecule has 4 aliphatic carbocycles. The largest absolute Gasteiger partial charge is 0.497 e. The van der Waals surface area contributed by atoms with E-state index in [9.17, 15) is 15.3 Å². The van der Waals surface area contributed by atoms with Crippen LogP contribution < -0.4 is 4.74 Å². The third-order valence-electron chi connectivity index (χ3n) is 10.0. The number of aliphatic hydroxyl groups excluding tert-OH is 1. The summed E-state index contributed by atoms with van der Waals surface area (Å²) in [5.41, 5.74) is -1.88. The van der Waals surface area contributed by atoms with E-state index in [1.807, 2.05) is 36.4 Å². The van der Waals surface area contributed by atoms with Gasteiger partial charge in [0, 0.05) is 5.41 Å². The van der Waals surface area contributed by atoms with Gasteiger partial charge in [0.25, 0.3) is 0 Å². The fourth-order valence-corrected chi connectivity index (χ4v) is 7.98. The summed E-state index contributed by atoms with van der Waals surface area (Å²) in [6.45, 7) is 4.48. The molecule has 3 N–H and O–H groups in total. The monoisotopic (exact) mass is 412 g/mol. The highest BCUT2D eigenvalue weighted by Gasteiger charge is 2.70. The summed E-state index contributed by atoms with van der Waals surface area (Å²) < 4.78 is 5.29. The van der Waals surface area contributed by atoms with Gasteiger partial charge in [-0.3, -0.25) is 0 Å². The molecule has 0 aliphatic heterocycles. The number of methoxy groups -OCH3 is 1. The Balaban J connectivity index is 1.51. The highest BCUT2D eigenvalue weighted by molar-refractivity contribution is 5.43. The molecule has 3 unspecified atom stereocenters. The van der Waals surface area contributed by atoms with E-state index in [2.05, 4.69) is 13.8 Å². The Labute approximate surface area is 180 Å². The first-order chi connectivity index (χ1) is 14.2. The van der Waals surface area contributed by atoms with Gasteiger partial charge in [0.2, 0.25) is 0 Å². The smallest absolute Gasteiger partial charge is 0.118 e. The Morgan fingerprint density at radius 2 is 1.63 bits per heavy atom. The van der Waals surface area contributed by atoms with Crippen molar-refractivity contribution in [2.75, 3.05) is 7.11 Å². The van der Waals surface area contributed by atoms with Crippen LogP contribution in [-0.2, 0) is 5.60 Å². The van der Waals surface area contributed by atoms with Gasteiger partial charge in [-0.05, 0) is 91.9 Å². The van der Waals surface area contributed by atoms with Crippen molar-refractivity contribution in [3.8, 4) is 5.75 Å². The maximum Gasteiger partial charge on any atom is 0.118 e. The molecular weight excluding hydrogens is 376 g/mol. The lowest BCUT2D eigenvalue weighted by Gasteiger charge is -2.64. The number of benzene rings is 1. The third kappa shape index (κ3) is 2.44. The molecule has 3 fully saturated rings. The van der Waals surface area contributed by atoms with Crippen LogP contribution in [0.15, 0.2) is 36.4 Å². The van der Waals surface area contributed by atoms with Gasteiger partial charge >= 0.3 is 0 Å². The SMILES string of the molecule is COc1ccc(C2(O)C=C[C@@]3(O)[C@@H]4CCC5CC(O)CC[C@]5(C)[C@@H]4CC[C@]23C)cc1. The highest BCUT2D eigenvalue weighted by atomic mass is 16.5. The van der Waals surface area contributed by atoms with Crippen molar-refractivity contribution in [3.05, 3.63) is 42.0 Å². The van der Waals surface area contributed by atoms with E-state index in [0.717, 1.165) is 56.3 Å². The zero-order valence-corrected chi connectivity index (χ0v) is 18.5. The lowest BCUT2D eigenvalue weighted by Crippen LogP contribution is -2.65. The van der Waals surface area contributed by atoms with Crippen LogP contribution >= 0.6 is 0 Å². The van der Waals surface area contributed by atoms with Crippen LogP contribution in [0.25, 0.3) is 0 Å². The first-order valence-corrected chi connectivity index (χ1v) is 11.7. The van der Waals surface area contributed by atoms with Crippen LogP contribution in [0.3, 0.4) is 0 Å². The molecule has 0 aromatic heterocycles. The number of rotatable bonds is 2. The normalized spacial score (nSPS) is 49.8. The van der Waals surface area contributed by atoms with Crippen LogP contribution in [0.5, 0.6) is 5.75 Å². The summed E-state index contributed by atoms with van der Waals surface area (Å²) in [5, 5.41) is 34.4. The molecule has 4 nitrogen and oxygen atoms in total. The molecule has 1 aromatic rings. The Kier molecular flexibility index (Phi) is 4.50. The molecule has 0 radical (unpaired) electrons. The fourth-order valence-electron chi connectivity index (χ4n) is 7.98. The predicted octanol–water partition coefficient (Wildman–Crippen LogP) is 4.18. The number of fused-ring (bicyclic) bond motifs is 5. The summed E-state index contributed by atoms with van der Waals surface area (Å²) in [6, 6.07) is 7.61. The molecule has 4 heteroatoms. The topological polar surface area (TPSA) is 69.9 Å². The quantitative estimate of drug-likeness (QED) is 0.638. The van der Waals surface area contributed by atoms with Crippen LogP contribution in [0.2, 0.25) is 0 Å². The summed E-state index contributed by atoms with van der Waals surface area (Å²) in [7, 11) is 1.64. The molecule has 0 spiro atoms. The molecule has 3 saturated carbocycles. The second-order valence-corrected chi connectivity index (χ2v) is 10.9. The van der Waals surface area contributed by atoms with Crippen molar-refractivity contribution in [1.82, 2.24) is 0 Å². The second-order valence-electron chi connectivity index (χ2n) is 10.9. The molecule has 1 aromatic carbocycles. The Bertz CT molecular complexity index is 849. The number of ether oxygens (including phenoxy) is 1. The van der Waals surface area contributed by atoms with Gasteiger partial charge < -0.3 is 20.1 Å². The van der Waals surface area contributed by atoms with Crippen molar-refractivity contribution in [1.29, 1.82) is 0 Å². The van der Waals surface area contributed by atoms with Crippen LogP contribution in [0.1, 0.15) is 64.4 Å². The van der Waals surface area contributed by atoms with Crippen LogP contribution in [-0.4, -0.2) is 34.1 Å². The van der Waals surface area contributed by atoms with Gasteiger partial charge in [0.05, 0.1) is 18.8 Å². The fraction of sp³-hybridized carbons (Fsp3) is 0.692. The highest BCUT2D eigenvalue weighted by Crippen LogP contribution is 2.69. The molecule has 0 saturated heterocycles. The molecule has 5 rings (SSSR count). The molecule has 4 aliphatic rings. The van der Waals surface area contributed by atoms with E-state index in [-0.39, 0.29) is 17.4 Å². The summed E-state index contributed by atoms with van der Waals surface area (Å²) in [6.07, 6.45) is 10.3. The lowest BCUT2D eigenvalue weighted by atomic mass is 9.42. The maximum atomic E-state index is 12.2. The minimum absolute atomic E-state index is 0.149. The average Bonchev–Trinajstić information content (AvgIpc) is 2.96. The predicted molar refractivity (Wildman–Crippen MR) is 116 cm³/mol. The molecule has 164 valence electrons. The van der Waals surface area contributed by atoms with Gasteiger partial charge in [-0.25, -0.2) is 0 Å². The third-order valence-corrected chi connectivity index (χ3v) is 10.0. The average molecular weight is 413 g/mol. The first kappa shape index (κ1) is 20.5. The van der Waals surface area contributed by atoms with E-state index in [1.165, 1.54) is 0 Å². The number of hydrogen-bond acceptors (Lipinski definition) is 4. The van der Waals surface area contributed by atoms with Crippen LogP contribution in [0.4, 0.5) is 0 Å². The molecule has 30 heavy (non-hydrogen) atoms. The van der Waals surface area contributed by atoms with Crippen molar-refractivity contribution >= 4 is 0 Å².